The summed E-state index contributed by atoms with van der Waals surface area (Å²) in [6.45, 7) is 1.37. The SMILES string of the molecule is CC(=O)CNC(=O)Nc1ccc(Cl)o1. The number of ketones is 1. The molecule has 6 heteroatoms. The molecule has 0 saturated heterocycles. The van der Waals surface area contributed by atoms with Gasteiger partial charge in [-0.1, -0.05) is 0 Å². The molecule has 0 atom stereocenters. The lowest BCUT2D eigenvalue weighted by atomic mass is 10.4. The molecule has 0 bridgehead atoms. The van der Waals surface area contributed by atoms with Gasteiger partial charge < -0.3 is 9.73 Å². The van der Waals surface area contributed by atoms with E-state index in [1.54, 1.807) is 0 Å². The van der Waals surface area contributed by atoms with Gasteiger partial charge in [-0.15, -0.1) is 0 Å². The summed E-state index contributed by atoms with van der Waals surface area (Å²) in [5.74, 6) is 0.105. The Hall–Kier alpha value is -1.49. The Morgan fingerprint density at radius 1 is 1.50 bits per heavy atom. The minimum absolute atomic E-state index is 0.0136. The molecular formula is C8H9ClN2O3. The summed E-state index contributed by atoms with van der Waals surface area (Å²) in [7, 11) is 0. The lowest BCUT2D eigenvalue weighted by Gasteiger charge is -2.02. The number of hydrogen-bond acceptors (Lipinski definition) is 3. The predicted octanol–water partition coefficient (Wildman–Crippen LogP) is 1.64. The molecule has 0 aliphatic rings. The van der Waals surface area contributed by atoms with Crippen molar-refractivity contribution in [2.45, 2.75) is 6.92 Å². The summed E-state index contributed by atoms with van der Waals surface area (Å²) in [5.41, 5.74) is 0. The molecule has 0 aromatic carbocycles. The number of nitrogens with one attached hydrogen (secondary N) is 2. The number of furan rings is 1. The maximum atomic E-state index is 11.0. The first kappa shape index (κ1) is 10.6. The molecule has 2 N–H and O–H groups in total. The van der Waals surface area contributed by atoms with Gasteiger partial charge in [0.25, 0.3) is 0 Å². The maximum absolute atomic E-state index is 11.0. The van der Waals surface area contributed by atoms with Crippen LogP contribution in [0.15, 0.2) is 16.5 Å². The number of carbonyl (C=O) groups is 2. The van der Waals surface area contributed by atoms with E-state index in [1.165, 1.54) is 19.1 Å². The quantitative estimate of drug-likeness (QED) is 0.807. The minimum Gasteiger partial charge on any atom is -0.429 e. The molecule has 0 aliphatic heterocycles. The second kappa shape index (κ2) is 4.66. The second-order valence-electron chi connectivity index (χ2n) is 2.61. The van der Waals surface area contributed by atoms with E-state index in [1.807, 2.05) is 0 Å². The lowest BCUT2D eigenvalue weighted by Crippen LogP contribution is -2.32. The highest BCUT2D eigenvalue weighted by molar-refractivity contribution is 6.29. The Labute approximate surface area is 85.4 Å². The normalized spacial score (nSPS) is 9.57. The molecule has 5 nitrogen and oxygen atoms in total. The van der Waals surface area contributed by atoms with E-state index in [2.05, 4.69) is 10.6 Å². The zero-order valence-corrected chi connectivity index (χ0v) is 8.22. The zero-order valence-electron chi connectivity index (χ0n) is 7.46. The second-order valence-corrected chi connectivity index (χ2v) is 2.99. The summed E-state index contributed by atoms with van der Waals surface area (Å²) in [5, 5.41) is 4.89. The van der Waals surface area contributed by atoms with E-state index in [9.17, 15) is 9.59 Å². The van der Waals surface area contributed by atoms with Crippen molar-refractivity contribution in [1.29, 1.82) is 0 Å². The van der Waals surface area contributed by atoms with Gasteiger partial charge in [0, 0.05) is 6.07 Å². The summed E-state index contributed by atoms with van der Waals surface area (Å²) < 4.78 is 4.87. The fourth-order valence-electron chi connectivity index (χ4n) is 0.742. The van der Waals surface area contributed by atoms with Crippen molar-refractivity contribution in [2.24, 2.45) is 0 Å². The molecule has 0 radical (unpaired) electrons. The molecule has 0 aliphatic carbocycles. The number of anilines is 1. The van der Waals surface area contributed by atoms with Crippen LogP contribution in [-0.4, -0.2) is 18.4 Å². The number of rotatable bonds is 3. The number of urea groups is 1. The molecule has 1 heterocycles. The fourth-order valence-corrected chi connectivity index (χ4v) is 0.888. The average molecular weight is 217 g/mol. The first-order valence-corrected chi connectivity index (χ1v) is 4.25. The van der Waals surface area contributed by atoms with E-state index < -0.39 is 6.03 Å². The highest BCUT2D eigenvalue weighted by Crippen LogP contribution is 2.17. The van der Waals surface area contributed by atoms with Crippen molar-refractivity contribution in [1.82, 2.24) is 5.32 Å². The van der Waals surface area contributed by atoms with Crippen LogP contribution in [0, 0.1) is 0 Å². The largest absolute Gasteiger partial charge is 0.429 e. The van der Waals surface area contributed by atoms with Crippen LogP contribution in [0.2, 0.25) is 5.22 Å². The summed E-state index contributed by atoms with van der Waals surface area (Å²) in [6, 6.07) is 2.50. The molecule has 1 rings (SSSR count). The third-order valence-electron chi connectivity index (χ3n) is 1.31. The van der Waals surface area contributed by atoms with Gasteiger partial charge in [-0.05, 0) is 24.6 Å². The maximum Gasteiger partial charge on any atom is 0.321 e. The van der Waals surface area contributed by atoms with Gasteiger partial charge in [0.15, 0.2) is 5.22 Å². The van der Waals surface area contributed by atoms with Gasteiger partial charge in [-0.25, -0.2) is 4.79 Å². The smallest absolute Gasteiger partial charge is 0.321 e. The summed E-state index contributed by atoms with van der Waals surface area (Å²) >= 11 is 5.48. The number of halogens is 1. The molecule has 14 heavy (non-hydrogen) atoms. The van der Waals surface area contributed by atoms with E-state index in [0.717, 1.165) is 0 Å². The van der Waals surface area contributed by atoms with Crippen LogP contribution in [0.25, 0.3) is 0 Å². The standard InChI is InChI=1S/C8H9ClN2O3/c1-5(12)4-10-8(13)11-7-3-2-6(9)14-7/h2-3H,4H2,1H3,(H2,10,11,13). The van der Waals surface area contributed by atoms with Gasteiger partial charge in [0.05, 0.1) is 6.54 Å². The number of carbonyl (C=O) groups excluding carboxylic acids is 2. The van der Waals surface area contributed by atoms with Gasteiger partial charge in [0.2, 0.25) is 5.88 Å². The van der Waals surface area contributed by atoms with Crippen LogP contribution >= 0.6 is 11.6 Å². The van der Waals surface area contributed by atoms with Crippen LogP contribution in [-0.2, 0) is 4.79 Å². The van der Waals surface area contributed by atoms with Crippen molar-refractivity contribution < 1.29 is 14.0 Å². The highest BCUT2D eigenvalue weighted by Gasteiger charge is 2.05. The molecule has 0 spiro atoms. The van der Waals surface area contributed by atoms with Crippen LogP contribution in [0.3, 0.4) is 0 Å². The molecule has 1 aromatic heterocycles. The van der Waals surface area contributed by atoms with E-state index >= 15 is 0 Å². The molecule has 0 saturated carbocycles. The van der Waals surface area contributed by atoms with Crippen LogP contribution in [0.5, 0.6) is 0 Å². The molecule has 2 amide bonds. The first-order chi connectivity index (χ1) is 6.58. The number of Topliss-reactive ketones (excluding diaryl/α,β-unsaturated/α-hetero) is 1. The van der Waals surface area contributed by atoms with Crippen molar-refractivity contribution in [2.75, 3.05) is 11.9 Å². The Morgan fingerprint density at radius 3 is 2.71 bits per heavy atom. The topological polar surface area (TPSA) is 71.3 Å². The fraction of sp³-hybridized carbons (Fsp3) is 0.250. The van der Waals surface area contributed by atoms with Crippen molar-refractivity contribution in [3.8, 4) is 0 Å². The van der Waals surface area contributed by atoms with Crippen molar-refractivity contribution in [3.05, 3.63) is 17.4 Å². The van der Waals surface area contributed by atoms with Crippen LogP contribution in [0.4, 0.5) is 10.7 Å². The summed E-state index contributed by atoms with van der Waals surface area (Å²) in [6.07, 6.45) is 0. The number of hydrogen-bond donors (Lipinski definition) is 2. The van der Waals surface area contributed by atoms with E-state index in [0.29, 0.717) is 0 Å². The average Bonchev–Trinajstić information content (AvgIpc) is 2.48. The molecule has 0 unspecified atom stereocenters. The molecular weight excluding hydrogens is 208 g/mol. The van der Waals surface area contributed by atoms with Crippen LogP contribution < -0.4 is 10.6 Å². The Kier molecular flexibility index (Phi) is 3.53. The van der Waals surface area contributed by atoms with E-state index in [-0.39, 0.29) is 23.4 Å². The van der Waals surface area contributed by atoms with Crippen molar-refractivity contribution >= 4 is 29.3 Å². The van der Waals surface area contributed by atoms with Gasteiger partial charge in [-0.3, -0.25) is 10.1 Å². The monoisotopic (exact) mass is 216 g/mol. The van der Waals surface area contributed by atoms with Gasteiger partial charge in [-0.2, -0.15) is 0 Å². The third-order valence-corrected chi connectivity index (χ3v) is 1.51. The molecule has 0 fully saturated rings. The lowest BCUT2D eigenvalue weighted by molar-refractivity contribution is -0.116. The molecule has 1 aromatic rings. The predicted molar refractivity (Wildman–Crippen MR) is 51.4 cm³/mol. The Morgan fingerprint density at radius 2 is 2.21 bits per heavy atom. The van der Waals surface area contributed by atoms with Crippen LogP contribution in [0.1, 0.15) is 6.92 Å². The van der Waals surface area contributed by atoms with E-state index in [4.69, 9.17) is 16.0 Å². The first-order valence-electron chi connectivity index (χ1n) is 3.87. The Bertz CT molecular complexity index is 348. The number of amides is 2. The third kappa shape index (κ3) is 3.49. The zero-order chi connectivity index (χ0) is 10.6. The Balaban J connectivity index is 2.37. The summed E-state index contributed by atoms with van der Waals surface area (Å²) in [4.78, 5) is 21.6. The highest BCUT2D eigenvalue weighted by atomic mass is 35.5. The van der Waals surface area contributed by atoms with Crippen molar-refractivity contribution in [3.63, 3.8) is 0 Å². The van der Waals surface area contributed by atoms with Gasteiger partial charge >= 0.3 is 6.03 Å². The molecule has 76 valence electrons. The minimum atomic E-state index is -0.508. The van der Waals surface area contributed by atoms with Gasteiger partial charge in [0.1, 0.15) is 5.78 Å².